The first kappa shape index (κ1) is 13.3. The summed E-state index contributed by atoms with van der Waals surface area (Å²) < 4.78 is 0. The SMILES string of the molecule is CCC(CCCl)CNCc1ccc(O)cc1. The number of nitrogens with one attached hydrogen (secondary N) is 1. The zero-order chi connectivity index (χ0) is 11.8. The molecule has 0 aliphatic heterocycles. The van der Waals surface area contributed by atoms with E-state index in [1.807, 2.05) is 12.1 Å². The van der Waals surface area contributed by atoms with Crippen molar-refractivity contribution in [2.24, 2.45) is 5.92 Å². The molecule has 16 heavy (non-hydrogen) atoms. The minimum atomic E-state index is 0.317. The maximum atomic E-state index is 9.14. The average molecular weight is 242 g/mol. The molecule has 0 amide bonds. The van der Waals surface area contributed by atoms with Crippen LogP contribution in [0.25, 0.3) is 0 Å². The molecule has 0 aliphatic carbocycles. The fourth-order valence-corrected chi connectivity index (χ4v) is 1.95. The van der Waals surface area contributed by atoms with Crippen molar-refractivity contribution < 1.29 is 5.11 Å². The van der Waals surface area contributed by atoms with E-state index in [1.165, 1.54) is 5.56 Å². The van der Waals surface area contributed by atoms with Gasteiger partial charge < -0.3 is 10.4 Å². The number of phenols is 1. The van der Waals surface area contributed by atoms with E-state index in [0.29, 0.717) is 11.7 Å². The highest BCUT2D eigenvalue weighted by molar-refractivity contribution is 6.17. The molecule has 0 bridgehead atoms. The molecule has 0 spiro atoms. The Morgan fingerprint density at radius 2 is 2.00 bits per heavy atom. The number of hydrogen-bond donors (Lipinski definition) is 2. The van der Waals surface area contributed by atoms with E-state index in [-0.39, 0.29) is 0 Å². The Balaban J connectivity index is 2.26. The molecule has 0 fully saturated rings. The van der Waals surface area contributed by atoms with Crippen LogP contribution in [0.15, 0.2) is 24.3 Å². The van der Waals surface area contributed by atoms with Gasteiger partial charge in [-0.15, -0.1) is 11.6 Å². The van der Waals surface area contributed by atoms with Gasteiger partial charge in [-0.2, -0.15) is 0 Å². The normalized spacial score (nSPS) is 12.6. The van der Waals surface area contributed by atoms with Gasteiger partial charge in [0.25, 0.3) is 0 Å². The zero-order valence-corrected chi connectivity index (χ0v) is 10.5. The van der Waals surface area contributed by atoms with Crippen molar-refractivity contribution in [1.82, 2.24) is 5.32 Å². The van der Waals surface area contributed by atoms with E-state index >= 15 is 0 Å². The topological polar surface area (TPSA) is 32.3 Å². The third kappa shape index (κ3) is 4.86. The second kappa shape index (κ2) is 7.53. The second-order valence-corrected chi connectivity index (χ2v) is 4.43. The highest BCUT2D eigenvalue weighted by Crippen LogP contribution is 2.10. The number of phenolic OH excluding ortho intramolecular Hbond substituents is 1. The number of halogens is 1. The quantitative estimate of drug-likeness (QED) is 0.719. The Morgan fingerprint density at radius 3 is 2.56 bits per heavy atom. The molecular formula is C13H20ClNO. The van der Waals surface area contributed by atoms with Gasteiger partial charge >= 0.3 is 0 Å². The van der Waals surface area contributed by atoms with Crippen LogP contribution in [0.2, 0.25) is 0 Å². The van der Waals surface area contributed by atoms with Gasteiger partial charge in [-0.1, -0.05) is 25.5 Å². The molecule has 1 rings (SSSR count). The fourth-order valence-electron chi connectivity index (χ4n) is 1.64. The first-order valence-corrected chi connectivity index (χ1v) is 6.34. The molecule has 3 heteroatoms. The van der Waals surface area contributed by atoms with Crippen LogP contribution in [0.5, 0.6) is 5.75 Å². The molecule has 0 saturated carbocycles. The third-order valence-electron chi connectivity index (χ3n) is 2.79. The van der Waals surface area contributed by atoms with E-state index < -0.39 is 0 Å². The molecule has 1 atom stereocenters. The van der Waals surface area contributed by atoms with Gasteiger partial charge in [-0.25, -0.2) is 0 Å². The molecule has 1 unspecified atom stereocenters. The summed E-state index contributed by atoms with van der Waals surface area (Å²) in [5.41, 5.74) is 1.19. The molecule has 0 saturated heterocycles. The lowest BCUT2D eigenvalue weighted by Crippen LogP contribution is -2.22. The summed E-state index contributed by atoms with van der Waals surface area (Å²) in [7, 11) is 0. The maximum absolute atomic E-state index is 9.14. The highest BCUT2D eigenvalue weighted by atomic mass is 35.5. The molecule has 0 aliphatic rings. The summed E-state index contributed by atoms with van der Waals surface area (Å²) >= 11 is 5.73. The molecule has 1 aromatic rings. The molecule has 2 N–H and O–H groups in total. The molecule has 0 radical (unpaired) electrons. The number of aromatic hydroxyl groups is 1. The van der Waals surface area contributed by atoms with Crippen molar-refractivity contribution in [2.75, 3.05) is 12.4 Å². The molecule has 0 heterocycles. The van der Waals surface area contributed by atoms with Gasteiger partial charge in [-0.3, -0.25) is 0 Å². The van der Waals surface area contributed by atoms with E-state index in [2.05, 4.69) is 12.2 Å². The van der Waals surface area contributed by atoms with Crippen LogP contribution in [0.1, 0.15) is 25.3 Å². The van der Waals surface area contributed by atoms with Crippen molar-refractivity contribution in [2.45, 2.75) is 26.3 Å². The Hall–Kier alpha value is -0.730. The van der Waals surface area contributed by atoms with Crippen molar-refractivity contribution in [3.05, 3.63) is 29.8 Å². The van der Waals surface area contributed by atoms with Gasteiger partial charge in [0.15, 0.2) is 0 Å². The number of hydrogen-bond acceptors (Lipinski definition) is 2. The molecular weight excluding hydrogens is 222 g/mol. The number of rotatable bonds is 7. The van der Waals surface area contributed by atoms with Crippen LogP contribution in [0, 0.1) is 5.92 Å². The number of benzene rings is 1. The van der Waals surface area contributed by atoms with Crippen molar-refractivity contribution in [1.29, 1.82) is 0 Å². The smallest absolute Gasteiger partial charge is 0.115 e. The largest absolute Gasteiger partial charge is 0.508 e. The Morgan fingerprint density at radius 1 is 1.31 bits per heavy atom. The molecule has 90 valence electrons. The minimum Gasteiger partial charge on any atom is -0.508 e. The third-order valence-corrected chi connectivity index (χ3v) is 3.01. The van der Waals surface area contributed by atoms with Gasteiger partial charge in [0, 0.05) is 12.4 Å². The van der Waals surface area contributed by atoms with Crippen molar-refractivity contribution in [3.8, 4) is 5.75 Å². The number of alkyl halides is 1. The van der Waals surface area contributed by atoms with E-state index in [9.17, 15) is 0 Å². The average Bonchev–Trinajstić information content (AvgIpc) is 2.30. The van der Waals surface area contributed by atoms with Crippen LogP contribution >= 0.6 is 11.6 Å². The predicted molar refractivity (Wildman–Crippen MR) is 68.9 cm³/mol. The first-order valence-electron chi connectivity index (χ1n) is 5.80. The summed E-state index contributed by atoms with van der Waals surface area (Å²) in [4.78, 5) is 0. The first-order chi connectivity index (χ1) is 7.76. The zero-order valence-electron chi connectivity index (χ0n) is 9.75. The lowest BCUT2D eigenvalue weighted by molar-refractivity contribution is 0.451. The fraction of sp³-hybridized carbons (Fsp3) is 0.538. The second-order valence-electron chi connectivity index (χ2n) is 4.05. The molecule has 0 aromatic heterocycles. The standard InChI is InChI=1S/C13H20ClNO/c1-2-11(7-8-14)9-15-10-12-3-5-13(16)6-4-12/h3-6,11,15-16H,2,7-10H2,1H3. The van der Waals surface area contributed by atoms with Crippen molar-refractivity contribution in [3.63, 3.8) is 0 Å². The van der Waals surface area contributed by atoms with E-state index in [1.54, 1.807) is 12.1 Å². The lowest BCUT2D eigenvalue weighted by atomic mass is 10.0. The van der Waals surface area contributed by atoms with E-state index in [0.717, 1.165) is 31.8 Å². The monoisotopic (exact) mass is 241 g/mol. The Kier molecular flexibility index (Phi) is 6.27. The van der Waals surface area contributed by atoms with Crippen LogP contribution in [-0.2, 0) is 6.54 Å². The van der Waals surface area contributed by atoms with Crippen LogP contribution in [0.3, 0.4) is 0 Å². The Bertz CT molecular complexity index is 286. The van der Waals surface area contributed by atoms with E-state index in [4.69, 9.17) is 16.7 Å². The minimum absolute atomic E-state index is 0.317. The van der Waals surface area contributed by atoms with Gasteiger partial charge in [0.2, 0.25) is 0 Å². The Labute approximate surface area is 103 Å². The summed E-state index contributed by atoms with van der Waals surface area (Å²) in [5.74, 6) is 1.71. The van der Waals surface area contributed by atoms with Crippen LogP contribution < -0.4 is 5.32 Å². The van der Waals surface area contributed by atoms with Crippen LogP contribution in [0.4, 0.5) is 0 Å². The predicted octanol–water partition coefficient (Wildman–Crippen LogP) is 3.14. The van der Waals surface area contributed by atoms with Crippen molar-refractivity contribution >= 4 is 11.6 Å². The summed E-state index contributed by atoms with van der Waals surface area (Å²) in [6.07, 6.45) is 2.23. The summed E-state index contributed by atoms with van der Waals surface area (Å²) in [6.45, 7) is 4.04. The maximum Gasteiger partial charge on any atom is 0.115 e. The van der Waals surface area contributed by atoms with Crippen LogP contribution in [-0.4, -0.2) is 17.5 Å². The highest BCUT2D eigenvalue weighted by Gasteiger charge is 2.04. The summed E-state index contributed by atoms with van der Waals surface area (Å²) in [5, 5.41) is 12.6. The lowest BCUT2D eigenvalue weighted by Gasteiger charge is -2.14. The van der Waals surface area contributed by atoms with Gasteiger partial charge in [0.1, 0.15) is 5.75 Å². The molecule has 2 nitrogen and oxygen atoms in total. The summed E-state index contributed by atoms with van der Waals surface area (Å²) in [6, 6.07) is 7.30. The van der Waals surface area contributed by atoms with Gasteiger partial charge in [0.05, 0.1) is 0 Å². The van der Waals surface area contributed by atoms with Gasteiger partial charge in [-0.05, 0) is 36.6 Å². The molecule has 1 aromatic carbocycles.